The molecule has 1 aromatic heterocycles. The fraction of sp³-hybridized carbons (Fsp3) is 0.417. The van der Waals surface area contributed by atoms with E-state index in [4.69, 9.17) is 0 Å². The number of hydrogen-bond donors (Lipinski definition) is 0. The molecule has 0 radical (unpaired) electrons. The molecule has 2 heterocycles. The number of likely N-dealkylation sites (tertiary alicyclic amines) is 1. The Kier molecular flexibility index (Phi) is 2.99. The van der Waals surface area contributed by atoms with E-state index in [-0.39, 0.29) is 18.2 Å². The molecule has 2 rings (SSSR count). The third kappa shape index (κ3) is 2.27. The van der Waals surface area contributed by atoms with Crippen LogP contribution in [0.2, 0.25) is 0 Å². The lowest BCUT2D eigenvalue weighted by Gasteiger charge is -2.25. The van der Waals surface area contributed by atoms with E-state index in [1.165, 1.54) is 0 Å². The van der Waals surface area contributed by atoms with Crippen molar-refractivity contribution >= 4 is 11.7 Å². The average molecular weight is 218 g/mol. The Labute approximate surface area is 94.3 Å². The average Bonchev–Trinajstić information content (AvgIpc) is 2.29. The van der Waals surface area contributed by atoms with Gasteiger partial charge in [-0.15, -0.1) is 0 Å². The zero-order valence-corrected chi connectivity index (χ0v) is 9.27. The second kappa shape index (κ2) is 4.43. The molecule has 0 aliphatic carbocycles. The first-order chi connectivity index (χ1) is 7.66. The molecule has 1 amide bonds. The smallest absolute Gasteiger partial charge is 0.255 e. The first kappa shape index (κ1) is 10.8. The van der Waals surface area contributed by atoms with Gasteiger partial charge in [0.15, 0.2) is 5.78 Å². The molecular weight excluding hydrogens is 204 g/mol. The van der Waals surface area contributed by atoms with E-state index in [2.05, 4.69) is 4.98 Å². The molecule has 84 valence electrons. The zero-order chi connectivity index (χ0) is 11.5. The number of carbonyl (C=O) groups excluding carboxylic acids is 2. The lowest BCUT2D eigenvalue weighted by Crippen LogP contribution is -2.40. The maximum atomic E-state index is 12.0. The van der Waals surface area contributed by atoms with Crippen LogP contribution in [0.15, 0.2) is 18.3 Å². The van der Waals surface area contributed by atoms with Crippen LogP contribution in [-0.4, -0.2) is 34.7 Å². The van der Waals surface area contributed by atoms with Gasteiger partial charge < -0.3 is 4.90 Å². The topological polar surface area (TPSA) is 50.3 Å². The summed E-state index contributed by atoms with van der Waals surface area (Å²) in [6, 6.07) is 3.56. The van der Waals surface area contributed by atoms with Crippen LogP contribution in [0.4, 0.5) is 0 Å². The van der Waals surface area contributed by atoms with Gasteiger partial charge in [0, 0.05) is 24.9 Å². The quantitative estimate of drug-likeness (QED) is 0.711. The molecule has 0 unspecified atom stereocenters. The largest absolute Gasteiger partial charge is 0.331 e. The molecule has 16 heavy (non-hydrogen) atoms. The minimum Gasteiger partial charge on any atom is -0.331 e. The van der Waals surface area contributed by atoms with E-state index < -0.39 is 0 Å². The lowest BCUT2D eigenvalue weighted by atomic mass is 10.1. The number of piperidine rings is 1. The van der Waals surface area contributed by atoms with Gasteiger partial charge in [-0.25, -0.2) is 0 Å². The molecule has 1 aliphatic rings. The molecule has 0 saturated carbocycles. The molecule has 1 fully saturated rings. The van der Waals surface area contributed by atoms with Gasteiger partial charge in [0.25, 0.3) is 5.91 Å². The Morgan fingerprint density at radius 2 is 2.25 bits per heavy atom. The van der Waals surface area contributed by atoms with Crippen LogP contribution < -0.4 is 0 Å². The minimum absolute atomic E-state index is 0.0967. The molecule has 0 aromatic carbocycles. The van der Waals surface area contributed by atoms with Crippen molar-refractivity contribution in [3.63, 3.8) is 0 Å². The van der Waals surface area contributed by atoms with Crippen molar-refractivity contribution in [1.29, 1.82) is 0 Å². The number of rotatable bonds is 1. The second-order valence-electron chi connectivity index (χ2n) is 4.06. The lowest BCUT2D eigenvalue weighted by molar-refractivity contribution is -0.121. The van der Waals surface area contributed by atoms with Crippen LogP contribution in [0.3, 0.4) is 0 Å². The highest BCUT2D eigenvalue weighted by Gasteiger charge is 2.22. The summed E-state index contributed by atoms with van der Waals surface area (Å²) in [5.41, 5.74) is 1.44. The summed E-state index contributed by atoms with van der Waals surface area (Å²) in [5.74, 6) is 0.0419. The van der Waals surface area contributed by atoms with Crippen LogP contribution in [0.1, 0.15) is 28.9 Å². The Morgan fingerprint density at radius 1 is 1.44 bits per heavy atom. The number of nitrogens with zero attached hydrogens (tertiary/aromatic N) is 2. The molecular formula is C12H14N2O2. The minimum atomic E-state index is -0.0967. The zero-order valence-electron chi connectivity index (χ0n) is 9.27. The van der Waals surface area contributed by atoms with Gasteiger partial charge in [-0.1, -0.05) is 0 Å². The third-order valence-electron chi connectivity index (χ3n) is 2.70. The van der Waals surface area contributed by atoms with Crippen molar-refractivity contribution in [2.45, 2.75) is 19.8 Å². The molecule has 0 bridgehead atoms. The Balaban J connectivity index is 2.12. The molecule has 4 heteroatoms. The van der Waals surface area contributed by atoms with Gasteiger partial charge >= 0.3 is 0 Å². The maximum absolute atomic E-state index is 12.0. The van der Waals surface area contributed by atoms with Crippen LogP contribution in [-0.2, 0) is 4.79 Å². The third-order valence-corrected chi connectivity index (χ3v) is 2.70. The number of Topliss-reactive ketones (excluding diaryl/α,β-unsaturated/α-hetero) is 1. The van der Waals surface area contributed by atoms with Gasteiger partial charge in [-0.2, -0.15) is 0 Å². The molecule has 0 N–H and O–H groups in total. The van der Waals surface area contributed by atoms with Gasteiger partial charge in [0.1, 0.15) is 0 Å². The maximum Gasteiger partial charge on any atom is 0.255 e. The summed E-state index contributed by atoms with van der Waals surface area (Å²) in [6.45, 7) is 2.78. The van der Waals surface area contributed by atoms with Gasteiger partial charge in [0.2, 0.25) is 0 Å². The summed E-state index contributed by atoms with van der Waals surface area (Å²) >= 11 is 0. The first-order valence-corrected chi connectivity index (χ1v) is 5.40. The van der Waals surface area contributed by atoms with E-state index in [1.54, 1.807) is 23.2 Å². The van der Waals surface area contributed by atoms with Gasteiger partial charge in [-0.05, 0) is 25.5 Å². The molecule has 1 aliphatic heterocycles. The van der Waals surface area contributed by atoms with Crippen LogP contribution in [0.5, 0.6) is 0 Å². The van der Waals surface area contributed by atoms with Crippen molar-refractivity contribution in [3.05, 3.63) is 29.6 Å². The van der Waals surface area contributed by atoms with Gasteiger partial charge in [0.05, 0.1) is 12.1 Å². The van der Waals surface area contributed by atoms with Crippen molar-refractivity contribution < 1.29 is 9.59 Å². The normalized spacial score (nSPS) is 16.3. The summed E-state index contributed by atoms with van der Waals surface area (Å²) in [4.78, 5) is 28.9. The Morgan fingerprint density at radius 3 is 2.88 bits per heavy atom. The molecule has 0 spiro atoms. The molecule has 1 aromatic rings. The monoisotopic (exact) mass is 218 g/mol. The van der Waals surface area contributed by atoms with Crippen molar-refractivity contribution in [3.8, 4) is 0 Å². The van der Waals surface area contributed by atoms with Crippen LogP contribution in [0.25, 0.3) is 0 Å². The fourth-order valence-corrected chi connectivity index (χ4v) is 1.79. The predicted octanol–water partition coefficient (Wildman–Crippen LogP) is 1.20. The number of amides is 1. The number of aromatic nitrogens is 1. The van der Waals surface area contributed by atoms with Gasteiger partial charge in [-0.3, -0.25) is 14.6 Å². The van der Waals surface area contributed by atoms with Crippen molar-refractivity contribution in [2.24, 2.45) is 0 Å². The van der Waals surface area contributed by atoms with Crippen LogP contribution in [0, 0.1) is 6.92 Å². The number of ketones is 1. The highest BCUT2D eigenvalue weighted by atomic mass is 16.2. The summed E-state index contributed by atoms with van der Waals surface area (Å²) in [6.07, 6.45) is 2.93. The summed E-state index contributed by atoms with van der Waals surface area (Å²) in [7, 11) is 0. The van der Waals surface area contributed by atoms with Crippen molar-refractivity contribution in [2.75, 3.05) is 13.1 Å². The van der Waals surface area contributed by atoms with E-state index in [9.17, 15) is 9.59 Å². The number of pyridine rings is 1. The van der Waals surface area contributed by atoms with Crippen LogP contribution >= 0.6 is 0 Å². The fourth-order valence-electron chi connectivity index (χ4n) is 1.79. The number of aryl methyl sites for hydroxylation is 1. The molecule has 0 atom stereocenters. The highest BCUT2D eigenvalue weighted by Crippen LogP contribution is 2.10. The van der Waals surface area contributed by atoms with E-state index in [0.717, 1.165) is 12.1 Å². The SMILES string of the molecule is Cc1ccc(C(=O)N2CCCC(=O)C2)cn1. The van der Waals surface area contributed by atoms with E-state index in [1.807, 2.05) is 6.92 Å². The molecule has 4 nitrogen and oxygen atoms in total. The van der Waals surface area contributed by atoms with E-state index >= 15 is 0 Å². The predicted molar refractivity (Wildman–Crippen MR) is 59.1 cm³/mol. The highest BCUT2D eigenvalue weighted by molar-refractivity contribution is 5.97. The number of carbonyl (C=O) groups is 2. The number of hydrogen-bond acceptors (Lipinski definition) is 3. The van der Waals surface area contributed by atoms with E-state index in [0.29, 0.717) is 18.5 Å². The van der Waals surface area contributed by atoms with Crippen molar-refractivity contribution in [1.82, 2.24) is 9.88 Å². The molecule has 1 saturated heterocycles. The summed E-state index contributed by atoms with van der Waals surface area (Å²) < 4.78 is 0. The second-order valence-corrected chi connectivity index (χ2v) is 4.06. The summed E-state index contributed by atoms with van der Waals surface area (Å²) in [5, 5.41) is 0. The Bertz CT molecular complexity index is 412. The standard InChI is InChI=1S/C12H14N2O2/c1-9-4-5-10(7-13-9)12(16)14-6-2-3-11(15)8-14/h4-5,7H,2-3,6,8H2,1H3. The first-order valence-electron chi connectivity index (χ1n) is 5.40. The Hall–Kier alpha value is -1.71.